The lowest BCUT2D eigenvalue weighted by Crippen LogP contribution is -2.66. The lowest BCUT2D eigenvalue weighted by molar-refractivity contribution is -0.127. The van der Waals surface area contributed by atoms with Gasteiger partial charge in [-0.25, -0.2) is 0 Å². The molecule has 0 bridgehead atoms. The zero-order valence-electron chi connectivity index (χ0n) is 14.5. The highest BCUT2D eigenvalue weighted by Crippen LogP contribution is 2.40. The summed E-state index contributed by atoms with van der Waals surface area (Å²) in [4.78, 5) is 15.2. The van der Waals surface area contributed by atoms with E-state index in [2.05, 4.69) is 11.0 Å². The van der Waals surface area contributed by atoms with E-state index in [9.17, 15) is 4.79 Å². The average Bonchev–Trinajstić information content (AvgIpc) is 2.58. The van der Waals surface area contributed by atoms with Gasteiger partial charge in [-0.1, -0.05) is 12.1 Å². The van der Waals surface area contributed by atoms with E-state index >= 15 is 0 Å². The van der Waals surface area contributed by atoms with Crippen LogP contribution in [0.4, 0.5) is 5.69 Å². The molecule has 2 aromatic carbocycles. The smallest absolute Gasteiger partial charge is 0.193 e. The summed E-state index contributed by atoms with van der Waals surface area (Å²) in [6, 6.07) is 13.0. The Morgan fingerprint density at radius 3 is 2.36 bits per heavy atom. The molecule has 25 heavy (non-hydrogen) atoms. The van der Waals surface area contributed by atoms with Gasteiger partial charge in [0.1, 0.15) is 0 Å². The summed E-state index contributed by atoms with van der Waals surface area (Å²) >= 11 is 0. The van der Waals surface area contributed by atoms with Gasteiger partial charge in [0.05, 0.1) is 32.8 Å². The van der Waals surface area contributed by atoms with Crippen LogP contribution in [-0.4, -0.2) is 46.3 Å². The molecule has 1 spiro atoms. The summed E-state index contributed by atoms with van der Waals surface area (Å²) in [6.45, 7) is 3.71. The molecule has 0 saturated carbocycles. The minimum Gasteiger partial charge on any atom is -0.493 e. The van der Waals surface area contributed by atoms with Gasteiger partial charge in [0.2, 0.25) is 0 Å². The van der Waals surface area contributed by atoms with Crippen molar-refractivity contribution in [2.45, 2.75) is 0 Å². The summed E-state index contributed by atoms with van der Waals surface area (Å²) in [5.74, 6) is 1.14. The zero-order valence-corrected chi connectivity index (χ0v) is 14.5. The van der Waals surface area contributed by atoms with Crippen LogP contribution in [0.2, 0.25) is 0 Å². The number of hydrogen-bond donors (Lipinski definition) is 0. The fraction of sp³-hybridized carbons (Fsp3) is 0.350. The number of hydrogen-bond acceptors (Lipinski definition) is 5. The number of carbonyl (C=O) groups is 1. The second-order valence-electron chi connectivity index (χ2n) is 6.80. The van der Waals surface area contributed by atoms with Crippen LogP contribution in [0.15, 0.2) is 42.5 Å². The van der Waals surface area contributed by atoms with Crippen LogP contribution in [0.1, 0.15) is 15.9 Å². The van der Waals surface area contributed by atoms with Gasteiger partial charge in [0, 0.05) is 29.9 Å². The molecule has 5 nitrogen and oxygen atoms in total. The first-order valence-electron chi connectivity index (χ1n) is 8.34. The molecule has 0 amide bonds. The maximum Gasteiger partial charge on any atom is 0.193 e. The van der Waals surface area contributed by atoms with Crippen molar-refractivity contribution in [1.29, 1.82) is 0 Å². The molecule has 0 aliphatic carbocycles. The highest BCUT2D eigenvalue weighted by Gasteiger charge is 2.49. The summed E-state index contributed by atoms with van der Waals surface area (Å²) in [7, 11) is 3.15. The van der Waals surface area contributed by atoms with E-state index in [0.717, 1.165) is 32.0 Å². The number of rotatable bonds is 5. The fourth-order valence-corrected chi connectivity index (χ4v) is 3.51. The molecule has 0 radical (unpaired) electrons. The van der Waals surface area contributed by atoms with Crippen LogP contribution in [0.25, 0.3) is 0 Å². The van der Waals surface area contributed by atoms with Crippen molar-refractivity contribution in [2.75, 3.05) is 45.4 Å². The maximum absolute atomic E-state index is 12.9. The van der Waals surface area contributed by atoms with E-state index in [1.165, 1.54) is 0 Å². The molecule has 0 aromatic heterocycles. The van der Waals surface area contributed by atoms with Crippen molar-refractivity contribution in [2.24, 2.45) is 5.41 Å². The molecule has 2 aromatic rings. The Morgan fingerprint density at radius 2 is 1.72 bits per heavy atom. The van der Waals surface area contributed by atoms with Crippen molar-refractivity contribution < 1.29 is 19.0 Å². The highest BCUT2D eigenvalue weighted by molar-refractivity contribution is 6.09. The third-order valence-corrected chi connectivity index (χ3v) is 4.99. The van der Waals surface area contributed by atoms with E-state index in [1.807, 2.05) is 18.2 Å². The van der Waals surface area contributed by atoms with Crippen LogP contribution < -0.4 is 14.4 Å². The Morgan fingerprint density at radius 1 is 1.00 bits per heavy atom. The molecule has 2 aliphatic rings. The zero-order chi connectivity index (χ0) is 17.4. The van der Waals surface area contributed by atoms with Crippen LogP contribution >= 0.6 is 0 Å². The number of ether oxygens (including phenoxy) is 3. The van der Waals surface area contributed by atoms with Gasteiger partial charge in [0.25, 0.3) is 0 Å². The Labute approximate surface area is 147 Å². The first kappa shape index (κ1) is 16.0. The van der Waals surface area contributed by atoms with Gasteiger partial charge in [-0.05, 0) is 30.3 Å². The third-order valence-electron chi connectivity index (χ3n) is 4.99. The van der Waals surface area contributed by atoms with Gasteiger partial charge in [0.15, 0.2) is 17.3 Å². The molecule has 0 N–H and O–H groups in total. The Bertz CT molecular complexity index is 805. The molecule has 0 unspecified atom stereocenters. The van der Waals surface area contributed by atoms with Gasteiger partial charge >= 0.3 is 0 Å². The van der Waals surface area contributed by atoms with Crippen molar-refractivity contribution >= 4 is 11.5 Å². The molecular formula is C20H21NO4. The molecule has 130 valence electrons. The number of nitrogens with zero attached hydrogens (tertiary/aromatic N) is 1. The summed E-state index contributed by atoms with van der Waals surface area (Å²) in [5.41, 5.74) is 2.70. The molecular weight excluding hydrogens is 318 g/mol. The number of anilines is 1. The molecule has 2 aliphatic heterocycles. The monoisotopic (exact) mass is 339 g/mol. The number of benzene rings is 2. The average molecular weight is 339 g/mol. The maximum atomic E-state index is 12.9. The van der Waals surface area contributed by atoms with Gasteiger partial charge in [-0.2, -0.15) is 0 Å². The standard InChI is InChI=1S/C20H21NO4/c1-23-17-7-6-15(9-18(17)24-2)19(22)14-4-3-5-16(8-14)21-10-20(11-21)12-25-13-20/h3-9H,10-13H2,1-2H3. The van der Waals surface area contributed by atoms with Gasteiger partial charge in [-0.3, -0.25) is 4.79 Å². The van der Waals surface area contributed by atoms with E-state index in [4.69, 9.17) is 14.2 Å². The topological polar surface area (TPSA) is 48.0 Å². The first-order chi connectivity index (χ1) is 12.1. The molecule has 2 fully saturated rings. The van der Waals surface area contributed by atoms with Crippen LogP contribution in [-0.2, 0) is 4.74 Å². The molecule has 0 atom stereocenters. The summed E-state index contributed by atoms with van der Waals surface area (Å²) < 4.78 is 15.8. The van der Waals surface area contributed by atoms with Gasteiger partial charge in [-0.15, -0.1) is 0 Å². The van der Waals surface area contributed by atoms with E-state index < -0.39 is 0 Å². The van der Waals surface area contributed by atoms with Crippen molar-refractivity contribution in [3.05, 3.63) is 53.6 Å². The van der Waals surface area contributed by atoms with Gasteiger partial charge < -0.3 is 19.1 Å². The fourth-order valence-electron chi connectivity index (χ4n) is 3.51. The summed E-state index contributed by atoms with van der Waals surface area (Å²) in [6.07, 6.45) is 0. The largest absolute Gasteiger partial charge is 0.493 e. The normalized spacial score (nSPS) is 17.6. The summed E-state index contributed by atoms with van der Waals surface area (Å²) in [5, 5.41) is 0. The predicted molar refractivity (Wildman–Crippen MR) is 94.9 cm³/mol. The quantitative estimate of drug-likeness (QED) is 0.784. The lowest BCUT2D eigenvalue weighted by atomic mass is 9.77. The Hall–Kier alpha value is -2.53. The van der Waals surface area contributed by atoms with Crippen LogP contribution in [0.5, 0.6) is 11.5 Å². The van der Waals surface area contributed by atoms with E-state index in [1.54, 1.807) is 32.4 Å². The minimum absolute atomic E-state index is 0.0231. The second kappa shape index (κ2) is 6.08. The molecule has 5 heteroatoms. The molecule has 2 heterocycles. The van der Waals surface area contributed by atoms with Crippen molar-refractivity contribution in [3.8, 4) is 11.5 Å². The SMILES string of the molecule is COc1ccc(C(=O)c2cccc(N3CC4(COC4)C3)c2)cc1OC. The molecule has 2 saturated heterocycles. The van der Waals surface area contributed by atoms with Crippen LogP contribution in [0.3, 0.4) is 0 Å². The van der Waals surface area contributed by atoms with E-state index in [-0.39, 0.29) is 5.78 Å². The number of methoxy groups -OCH3 is 2. The predicted octanol–water partition coefficient (Wildman–Crippen LogP) is 2.77. The van der Waals surface area contributed by atoms with Crippen molar-refractivity contribution in [1.82, 2.24) is 0 Å². The molecule has 4 rings (SSSR count). The number of carbonyl (C=O) groups excluding carboxylic acids is 1. The highest BCUT2D eigenvalue weighted by atomic mass is 16.5. The lowest BCUT2D eigenvalue weighted by Gasteiger charge is -2.56. The van der Waals surface area contributed by atoms with Crippen molar-refractivity contribution in [3.63, 3.8) is 0 Å². The first-order valence-corrected chi connectivity index (χ1v) is 8.34. The minimum atomic E-state index is -0.0231. The Kier molecular flexibility index (Phi) is 3.88. The van der Waals surface area contributed by atoms with E-state index in [0.29, 0.717) is 28.0 Å². The Balaban J connectivity index is 1.55. The number of ketones is 1. The third kappa shape index (κ3) is 2.74. The second-order valence-corrected chi connectivity index (χ2v) is 6.80. The van der Waals surface area contributed by atoms with Crippen LogP contribution in [0, 0.1) is 5.41 Å².